The van der Waals surface area contributed by atoms with Gasteiger partial charge in [0.05, 0.1) is 18.0 Å². The molecule has 0 saturated carbocycles. The minimum absolute atomic E-state index is 0.0111. The second-order valence-corrected chi connectivity index (χ2v) is 5.44. The van der Waals surface area contributed by atoms with Crippen molar-refractivity contribution in [3.8, 4) is 5.75 Å². The summed E-state index contributed by atoms with van der Waals surface area (Å²) in [6.45, 7) is 1.96. The lowest BCUT2D eigenvalue weighted by Gasteiger charge is -2.11. The molecular weight excluding hydrogens is 305 g/mol. The lowest BCUT2D eigenvalue weighted by molar-refractivity contribution is -0.135. The molecule has 2 rings (SSSR count). The highest BCUT2D eigenvalue weighted by Gasteiger charge is 2.26. The SMILES string of the molecule is COc1cccc2c1nc(C(C)Cl)n2CCCC(F)(F)F. The van der Waals surface area contributed by atoms with Gasteiger partial charge in [-0.25, -0.2) is 4.98 Å². The first kappa shape index (κ1) is 15.9. The number of para-hydroxylation sites is 1. The molecular formula is C14H16ClF3N2O. The van der Waals surface area contributed by atoms with Gasteiger partial charge >= 0.3 is 6.18 Å². The number of nitrogens with zero attached hydrogens (tertiary/aromatic N) is 2. The van der Waals surface area contributed by atoms with E-state index >= 15 is 0 Å². The molecule has 1 aromatic heterocycles. The molecule has 1 aromatic carbocycles. The van der Waals surface area contributed by atoms with Gasteiger partial charge < -0.3 is 9.30 Å². The molecule has 7 heteroatoms. The van der Waals surface area contributed by atoms with Crippen LogP contribution < -0.4 is 4.74 Å². The molecule has 0 aliphatic heterocycles. The zero-order valence-corrected chi connectivity index (χ0v) is 12.5. The van der Waals surface area contributed by atoms with Crippen molar-refractivity contribution in [1.29, 1.82) is 0 Å². The topological polar surface area (TPSA) is 27.1 Å². The van der Waals surface area contributed by atoms with Gasteiger partial charge in [0, 0.05) is 13.0 Å². The second-order valence-electron chi connectivity index (χ2n) is 4.78. The number of aryl methyl sites for hydroxylation is 1. The van der Waals surface area contributed by atoms with Crippen molar-refractivity contribution in [1.82, 2.24) is 9.55 Å². The molecule has 0 saturated heterocycles. The highest BCUT2D eigenvalue weighted by Crippen LogP contribution is 2.31. The smallest absolute Gasteiger partial charge is 0.389 e. The van der Waals surface area contributed by atoms with E-state index in [4.69, 9.17) is 16.3 Å². The maximum atomic E-state index is 12.3. The van der Waals surface area contributed by atoms with Crippen molar-refractivity contribution < 1.29 is 17.9 Å². The summed E-state index contributed by atoms with van der Waals surface area (Å²) >= 11 is 6.10. The van der Waals surface area contributed by atoms with Gasteiger partial charge in [0.25, 0.3) is 0 Å². The monoisotopic (exact) mass is 320 g/mol. The summed E-state index contributed by atoms with van der Waals surface area (Å²) in [7, 11) is 1.53. The number of halogens is 4. The Bertz CT molecular complexity index is 622. The summed E-state index contributed by atoms with van der Waals surface area (Å²) < 4.78 is 43.9. The van der Waals surface area contributed by atoms with Gasteiger partial charge in [-0.1, -0.05) is 6.07 Å². The van der Waals surface area contributed by atoms with Crippen molar-refractivity contribution in [2.75, 3.05) is 7.11 Å². The third-order valence-corrected chi connectivity index (χ3v) is 3.38. The van der Waals surface area contributed by atoms with E-state index in [0.29, 0.717) is 17.1 Å². The summed E-state index contributed by atoms with van der Waals surface area (Å²) in [5.41, 5.74) is 1.36. The van der Waals surface area contributed by atoms with Crippen LogP contribution >= 0.6 is 11.6 Å². The second kappa shape index (κ2) is 6.13. The largest absolute Gasteiger partial charge is 0.494 e. The fraction of sp³-hybridized carbons (Fsp3) is 0.500. The minimum atomic E-state index is -4.15. The van der Waals surface area contributed by atoms with Gasteiger partial charge in [-0.05, 0) is 25.5 Å². The fourth-order valence-corrected chi connectivity index (χ4v) is 2.45. The normalized spacial score (nSPS) is 13.6. The van der Waals surface area contributed by atoms with Crippen LogP contribution in [0.25, 0.3) is 11.0 Å². The van der Waals surface area contributed by atoms with E-state index in [9.17, 15) is 13.2 Å². The van der Waals surface area contributed by atoms with Crippen LogP contribution in [0, 0.1) is 0 Å². The average Bonchev–Trinajstić information content (AvgIpc) is 2.76. The van der Waals surface area contributed by atoms with Gasteiger partial charge in [0.15, 0.2) is 0 Å². The lowest BCUT2D eigenvalue weighted by atomic mass is 10.2. The van der Waals surface area contributed by atoms with Crippen molar-refractivity contribution in [3.63, 3.8) is 0 Å². The third kappa shape index (κ3) is 3.61. The zero-order valence-electron chi connectivity index (χ0n) is 11.7. The highest BCUT2D eigenvalue weighted by atomic mass is 35.5. The zero-order chi connectivity index (χ0) is 15.6. The number of aromatic nitrogens is 2. The summed E-state index contributed by atoms with van der Waals surface area (Å²) in [4.78, 5) is 4.42. The van der Waals surface area contributed by atoms with E-state index in [1.165, 1.54) is 7.11 Å². The molecule has 0 spiro atoms. The predicted octanol–water partition coefficient (Wildman–Crippen LogP) is 4.69. The Balaban J connectivity index is 2.38. The van der Waals surface area contributed by atoms with Gasteiger partial charge in [0.2, 0.25) is 0 Å². The van der Waals surface area contributed by atoms with Crippen molar-refractivity contribution in [2.24, 2.45) is 0 Å². The molecule has 0 aliphatic rings. The van der Waals surface area contributed by atoms with Crippen LogP contribution in [0.4, 0.5) is 13.2 Å². The number of hydrogen-bond donors (Lipinski definition) is 0. The molecule has 1 unspecified atom stereocenters. The van der Waals surface area contributed by atoms with E-state index in [1.54, 1.807) is 29.7 Å². The number of fused-ring (bicyclic) bond motifs is 1. The molecule has 0 amide bonds. The minimum Gasteiger partial charge on any atom is -0.494 e. The molecule has 1 heterocycles. The molecule has 0 N–H and O–H groups in total. The van der Waals surface area contributed by atoms with Gasteiger partial charge in [-0.15, -0.1) is 11.6 Å². The molecule has 0 radical (unpaired) electrons. The molecule has 2 aromatic rings. The standard InChI is InChI=1S/C14H16ClF3N2O/c1-9(15)13-19-12-10(5-3-6-11(12)21-2)20(13)8-4-7-14(16,17)18/h3,5-6,9H,4,7-8H2,1-2H3. The number of alkyl halides is 4. The van der Waals surface area contributed by atoms with Crippen molar-refractivity contribution in [2.45, 2.75) is 37.9 Å². The molecule has 21 heavy (non-hydrogen) atoms. The predicted molar refractivity (Wildman–Crippen MR) is 75.8 cm³/mol. The first-order chi connectivity index (χ1) is 9.83. The number of benzene rings is 1. The van der Waals surface area contributed by atoms with E-state index in [0.717, 1.165) is 5.52 Å². The average molecular weight is 321 g/mol. The van der Waals surface area contributed by atoms with E-state index < -0.39 is 18.0 Å². The number of rotatable bonds is 5. The number of methoxy groups -OCH3 is 1. The van der Waals surface area contributed by atoms with E-state index in [2.05, 4.69) is 4.98 Å². The van der Waals surface area contributed by atoms with Crippen LogP contribution in [-0.4, -0.2) is 22.8 Å². The Morgan fingerprint density at radius 2 is 2.10 bits per heavy atom. The van der Waals surface area contributed by atoms with Crippen molar-refractivity contribution in [3.05, 3.63) is 24.0 Å². The fourth-order valence-electron chi connectivity index (χ4n) is 2.28. The summed E-state index contributed by atoms with van der Waals surface area (Å²) in [5.74, 6) is 1.14. The first-order valence-corrected chi connectivity index (χ1v) is 7.01. The number of ether oxygens (including phenoxy) is 1. The molecule has 0 bridgehead atoms. The maximum absolute atomic E-state index is 12.3. The van der Waals surface area contributed by atoms with Crippen LogP contribution in [0.5, 0.6) is 5.75 Å². The number of hydrogen-bond acceptors (Lipinski definition) is 2. The third-order valence-electron chi connectivity index (χ3n) is 3.19. The molecule has 0 fully saturated rings. The molecule has 1 atom stereocenters. The quantitative estimate of drug-likeness (QED) is 0.747. The van der Waals surface area contributed by atoms with Crippen LogP contribution in [0.3, 0.4) is 0 Å². The maximum Gasteiger partial charge on any atom is 0.389 e. The number of imidazole rings is 1. The lowest BCUT2D eigenvalue weighted by Crippen LogP contribution is -2.11. The van der Waals surface area contributed by atoms with E-state index in [1.807, 2.05) is 0 Å². The summed E-state index contributed by atoms with van der Waals surface area (Å²) in [6.07, 6.45) is -4.99. The Morgan fingerprint density at radius 3 is 2.67 bits per heavy atom. The van der Waals surface area contributed by atoms with Crippen LogP contribution in [0.2, 0.25) is 0 Å². The first-order valence-electron chi connectivity index (χ1n) is 6.57. The summed E-state index contributed by atoms with van der Waals surface area (Å²) in [6, 6.07) is 5.35. The Morgan fingerprint density at radius 1 is 1.38 bits per heavy atom. The van der Waals surface area contributed by atoms with Crippen molar-refractivity contribution >= 4 is 22.6 Å². The van der Waals surface area contributed by atoms with Crippen LogP contribution in [-0.2, 0) is 6.54 Å². The molecule has 116 valence electrons. The Hall–Kier alpha value is -1.43. The molecule has 3 nitrogen and oxygen atoms in total. The van der Waals surface area contributed by atoms with Gasteiger partial charge in [0.1, 0.15) is 17.1 Å². The van der Waals surface area contributed by atoms with Gasteiger partial charge in [-0.2, -0.15) is 13.2 Å². The highest BCUT2D eigenvalue weighted by molar-refractivity contribution is 6.20. The van der Waals surface area contributed by atoms with E-state index in [-0.39, 0.29) is 13.0 Å². The van der Waals surface area contributed by atoms with Crippen LogP contribution in [0.15, 0.2) is 18.2 Å². The summed E-state index contributed by atoms with van der Waals surface area (Å²) in [5, 5.41) is -0.395. The molecule has 0 aliphatic carbocycles. The van der Waals surface area contributed by atoms with Crippen LogP contribution in [0.1, 0.15) is 31.0 Å². The Kier molecular flexibility index (Phi) is 4.66. The van der Waals surface area contributed by atoms with Gasteiger partial charge in [-0.3, -0.25) is 0 Å². The Labute approximate surface area is 125 Å².